The van der Waals surface area contributed by atoms with E-state index in [1.807, 2.05) is 24.3 Å². The second-order valence-electron chi connectivity index (χ2n) is 5.07. The Morgan fingerprint density at radius 1 is 1.20 bits per heavy atom. The van der Waals surface area contributed by atoms with E-state index >= 15 is 0 Å². The minimum atomic E-state index is -0.119. The van der Waals surface area contributed by atoms with Gasteiger partial charge < -0.3 is 15.0 Å². The van der Waals surface area contributed by atoms with E-state index in [4.69, 9.17) is 4.74 Å². The molecular weight excluding hydrogens is 254 g/mol. The molecule has 5 heteroatoms. The number of anilines is 1. The Morgan fingerprint density at radius 2 is 2.05 bits per heavy atom. The predicted octanol–water partition coefficient (Wildman–Crippen LogP) is 2.15. The normalized spacial score (nSPS) is 19.5. The Balaban J connectivity index is 1.70. The highest BCUT2D eigenvalue weighted by molar-refractivity contribution is 5.49. The van der Waals surface area contributed by atoms with E-state index in [1.165, 1.54) is 0 Å². The number of nitrogens with one attached hydrogen (secondary N) is 2. The quantitative estimate of drug-likeness (QED) is 0.901. The first-order valence-electron chi connectivity index (χ1n) is 7.04. The van der Waals surface area contributed by atoms with Gasteiger partial charge in [0.25, 0.3) is 0 Å². The Bertz CT molecular complexity index is 592. The molecule has 0 spiro atoms. The van der Waals surface area contributed by atoms with Crippen molar-refractivity contribution >= 4 is 5.69 Å². The van der Waals surface area contributed by atoms with Crippen LogP contribution in [0.2, 0.25) is 0 Å². The molecule has 0 amide bonds. The van der Waals surface area contributed by atoms with E-state index in [-0.39, 0.29) is 5.69 Å². The average molecular weight is 273 g/mol. The number of benzene rings is 1. The molecule has 1 saturated heterocycles. The van der Waals surface area contributed by atoms with Gasteiger partial charge in [0.05, 0.1) is 5.69 Å². The van der Waals surface area contributed by atoms with Gasteiger partial charge in [-0.15, -0.1) is 0 Å². The van der Waals surface area contributed by atoms with Gasteiger partial charge >= 0.3 is 5.69 Å². The highest BCUT2D eigenvalue weighted by Gasteiger charge is 2.12. The van der Waals surface area contributed by atoms with Crippen molar-refractivity contribution in [2.45, 2.75) is 25.3 Å². The maximum atomic E-state index is 11.5. The molecule has 106 valence electrons. The van der Waals surface area contributed by atoms with Gasteiger partial charge in [-0.1, -0.05) is 0 Å². The first kappa shape index (κ1) is 13.0. The third kappa shape index (κ3) is 2.93. The summed E-state index contributed by atoms with van der Waals surface area (Å²) in [5.74, 6) is 0. The molecule has 1 aromatic carbocycles. The van der Waals surface area contributed by atoms with Crippen LogP contribution in [0.4, 0.5) is 5.69 Å². The van der Waals surface area contributed by atoms with Crippen molar-refractivity contribution in [1.82, 2.24) is 9.55 Å². The van der Waals surface area contributed by atoms with Gasteiger partial charge in [-0.05, 0) is 43.5 Å². The van der Waals surface area contributed by atoms with Crippen LogP contribution < -0.4 is 11.0 Å². The molecule has 5 nitrogen and oxygen atoms in total. The fraction of sp³-hybridized carbons (Fsp3) is 0.400. The third-order valence-electron chi connectivity index (χ3n) is 3.62. The SMILES string of the molecule is O=c1[nH]ccn1-c1ccc(NC2CCCOCC2)cc1. The zero-order chi connectivity index (χ0) is 13.8. The molecule has 0 aliphatic carbocycles. The van der Waals surface area contributed by atoms with Gasteiger partial charge in [-0.25, -0.2) is 4.79 Å². The van der Waals surface area contributed by atoms with E-state index in [0.29, 0.717) is 6.04 Å². The first-order chi connectivity index (χ1) is 9.83. The van der Waals surface area contributed by atoms with E-state index in [0.717, 1.165) is 43.9 Å². The maximum absolute atomic E-state index is 11.5. The summed E-state index contributed by atoms with van der Waals surface area (Å²) in [5.41, 5.74) is 1.84. The van der Waals surface area contributed by atoms with Crippen LogP contribution in [0.25, 0.3) is 5.69 Å². The largest absolute Gasteiger partial charge is 0.382 e. The highest BCUT2D eigenvalue weighted by Crippen LogP contribution is 2.17. The lowest BCUT2D eigenvalue weighted by Gasteiger charge is -2.17. The Kier molecular flexibility index (Phi) is 3.87. The van der Waals surface area contributed by atoms with Crippen LogP contribution in [0.5, 0.6) is 0 Å². The molecule has 1 fully saturated rings. The first-order valence-corrected chi connectivity index (χ1v) is 7.04. The number of hydrogen-bond donors (Lipinski definition) is 2. The van der Waals surface area contributed by atoms with Crippen molar-refractivity contribution in [1.29, 1.82) is 0 Å². The smallest absolute Gasteiger partial charge is 0.330 e. The lowest BCUT2D eigenvalue weighted by Crippen LogP contribution is -2.19. The summed E-state index contributed by atoms with van der Waals surface area (Å²) in [6.45, 7) is 1.70. The molecule has 1 unspecified atom stereocenters. The number of hydrogen-bond acceptors (Lipinski definition) is 3. The molecule has 1 aromatic heterocycles. The maximum Gasteiger partial charge on any atom is 0.330 e. The molecule has 1 atom stereocenters. The van der Waals surface area contributed by atoms with Crippen LogP contribution in [0, 0.1) is 0 Å². The standard InChI is InChI=1S/C15H19N3O2/c19-15-16-8-9-18(15)14-5-3-13(4-6-14)17-12-2-1-10-20-11-7-12/h3-6,8-9,12,17H,1-2,7,10-11H2,(H,16,19). The zero-order valence-corrected chi connectivity index (χ0v) is 11.3. The zero-order valence-electron chi connectivity index (χ0n) is 11.3. The number of rotatable bonds is 3. The summed E-state index contributed by atoms with van der Waals surface area (Å²) in [6.07, 6.45) is 6.65. The third-order valence-corrected chi connectivity index (χ3v) is 3.62. The van der Waals surface area contributed by atoms with Crippen LogP contribution >= 0.6 is 0 Å². The highest BCUT2D eigenvalue weighted by atomic mass is 16.5. The van der Waals surface area contributed by atoms with Crippen molar-refractivity contribution in [3.8, 4) is 5.69 Å². The Hall–Kier alpha value is -2.01. The minimum absolute atomic E-state index is 0.119. The molecule has 0 saturated carbocycles. The molecule has 0 bridgehead atoms. The van der Waals surface area contributed by atoms with Crippen LogP contribution in [0.15, 0.2) is 41.5 Å². The van der Waals surface area contributed by atoms with Gasteiger partial charge in [-0.3, -0.25) is 4.57 Å². The monoisotopic (exact) mass is 273 g/mol. The number of aromatic amines is 1. The minimum Gasteiger partial charge on any atom is -0.382 e. The fourth-order valence-electron chi connectivity index (χ4n) is 2.53. The number of ether oxygens (including phenoxy) is 1. The molecule has 1 aliphatic heterocycles. The number of aromatic nitrogens is 2. The molecule has 1 aliphatic rings. The Morgan fingerprint density at radius 3 is 2.80 bits per heavy atom. The van der Waals surface area contributed by atoms with E-state index in [9.17, 15) is 4.79 Å². The van der Waals surface area contributed by atoms with Crippen LogP contribution in [-0.4, -0.2) is 28.8 Å². The lowest BCUT2D eigenvalue weighted by molar-refractivity contribution is 0.144. The summed E-state index contributed by atoms with van der Waals surface area (Å²) in [4.78, 5) is 14.2. The topological polar surface area (TPSA) is 59.0 Å². The summed E-state index contributed by atoms with van der Waals surface area (Å²) >= 11 is 0. The molecule has 3 rings (SSSR count). The van der Waals surface area contributed by atoms with Crippen molar-refractivity contribution < 1.29 is 4.74 Å². The van der Waals surface area contributed by atoms with E-state index in [2.05, 4.69) is 10.3 Å². The molecule has 0 radical (unpaired) electrons. The average Bonchev–Trinajstić information content (AvgIpc) is 2.73. The van der Waals surface area contributed by atoms with Crippen LogP contribution in [-0.2, 0) is 4.74 Å². The molecule has 2 heterocycles. The van der Waals surface area contributed by atoms with E-state index < -0.39 is 0 Å². The van der Waals surface area contributed by atoms with Crippen molar-refractivity contribution in [2.75, 3.05) is 18.5 Å². The summed E-state index contributed by atoms with van der Waals surface area (Å²) in [6, 6.07) is 8.40. The molecule has 20 heavy (non-hydrogen) atoms. The summed E-state index contributed by atoms with van der Waals surface area (Å²) < 4.78 is 7.05. The Labute approximate surface area is 117 Å². The number of H-pyrrole nitrogens is 1. The lowest BCUT2D eigenvalue weighted by atomic mass is 10.1. The van der Waals surface area contributed by atoms with Crippen molar-refractivity contribution in [3.05, 3.63) is 47.1 Å². The van der Waals surface area contributed by atoms with Crippen molar-refractivity contribution in [2.24, 2.45) is 0 Å². The second kappa shape index (κ2) is 5.96. The summed E-state index contributed by atoms with van der Waals surface area (Å²) in [5, 5.41) is 3.53. The second-order valence-corrected chi connectivity index (χ2v) is 5.07. The fourth-order valence-corrected chi connectivity index (χ4v) is 2.53. The molecule has 2 aromatic rings. The van der Waals surface area contributed by atoms with Gasteiger partial charge in [0, 0.05) is 37.3 Å². The number of nitrogens with zero attached hydrogens (tertiary/aromatic N) is 1. The van der Waals surface area contributed by atoms with Gasteiger partial charge in [0.1, 0.15) is 0 Å². The van der Waals surface area contributed by atoms with Crippen LogP contribution in [0.3, 0.4) is 0 Å². The van der Waals surface area contributed by atoms with E-state index in [1.54, 1.807) is 17.0 Å². The molecule has 2 N–H and O–H groups in total. The van der Waals surface area contributed by atoms with Gasteiger partial charge in [0.2, 0.25) is 0 Å². The summed E-state index contributed by atoms with van der Waals surface area (Å²) in [7, 11) is 0. The molecular formula is C15H19N3O2. The van der Waals surface area contributed by atoms with Gasteiger partial charge in [0.15, 0.2) is 0 Å². The van der Waals surface area contributed by atoms with Crippen molar-refractivity contribution in [3.63, 3.8) is 0 Å². The van der Waals surface area contributed by atoms with Gasteiger partial charge in [-0.2, -0.15) is 0 Å². The predicted molar refractivity (Wildman–Crippen MR) is 78.5 cm³/mol. The number of imidazole rings is 1. The van der Waals surface area contributed by atoms with Crippen LogP contribution in [0.1, 0.15) is 19.3 Å².